The smallest absolute Gasteiger partial charge is 0.0842 e. The van der Waals surface area contributed by atoms with Crippen LogP contribution in [-0.4, -0.2) is 0 Å². The molecule has 0 aliphatic heterocycles. The highest BCUT2D eigenvalue weighted by Gasteiger charge is 2.70. The minimum atomic E-state index is 0.903. The molecular weight excluding hydrogens is 132 g/mol. The number of hydrogen-bond acceptors (Lipinski definition) is 0. The van der Waals surface area contributed by atoms with Gasteiger partial charge in [0.15, 0.2) is 0 Å². The van der Waals surface area contributed by atoms with Crippen LogP contribution in [0.1, 0.15) is 0 Å². The summed E-state index contributed by atoms with van der Waals surface area (Å²) in [4.78, 5) is 0. The van der Waals surface area contributed by atoms with Crippen LogP contribution in [0.5, 0.6) is 0 Å². The summed E-state index contributed by atoms with van der Waals surface area (Å²) >= 11 is 0. The summed E-state index contributed by atoms with van der Waals surface area (Å²) in [5.74, 6) is 5.88. The Bertz CT molecular complexity index is 274. The molecule has 11 heavy (non-hydrogen) atoms. The zero-order valence-corrected chi connectivity index (χ0v) is 6.35. The van der Waals surface area contributed by atoms with Gasteiger partial charge >= 0.3 is 0 Å². The van der Waals surface area contributed by atoms with Gasteiger partial charge in [0.2, 0.25) is 0 Å². The molecular formula is C11H11+. The van der Waals surface area contributed by atoms with E-state index in [9.17, 15) is 0 Å². The molecule has 0 N–H and O–H groups in total. The maximum atomic E-state index is 2.47. The van der Waals surface area contributed by atoms with Gasteiger partial charge in [0.25, 0.3) is 0 Å². The largest absolute Gasteiger partial charge is 0.0899 e. The zero-order valence-electron chi connectivity index (χ0n) is 6.35. The van der Waals surface area contributed by atoms with Crippen LogP contribution in [-0.2, 0) is 0 Å². The molecule has 0 saturated heterocycles. The van der Waals surface area contributed by atoms with Gasteiger partial charge in [-0.1, -0.05) is 12.2 Å². The Hall–Kier alpha value is -0.650. The third kappa shape index (κ3) is 0.382. The second kappa shape index (κ2) is 1.31. The van der Waals surface area contributed by atoms with Gasteiger partial charge in [-0.25, -0.2) is 0 Å². The molecule has 5 aliphatic rings. The van der Waals surface area contributed by atoms with Gasteiger partial charge in [-0.3, -0.25) is 0 Å². The van der Waals surface area contributed by atoms with Crippen LogP contribution < -0.4 is 0 Å². The normalized spacial score (nSPS) is 66.2. The van der Waals surface area contributed by atoms with Crippen LogP contribution in [0.3, 0.4) is 0 Å². The van der Waals surface area contributed by atoms with Crippen molar-refractivity contribution in [3.05, 3.63) is 30.7 Å². The summed E-state index contributed by atoms with van der Waals surface area (Å²) in [6.45, 7) is 0. The SMILES string of the molecule is C1=CC2C3C=CC4C2C4C3[CH+]1. The molecule has 0 radical (unpaired) electrons. The molecule has 0 nitrogen and oxygen atoms in total. The summed E-state index contributed by atoms with van der Waals surface area (Å²) in [6.07, 6.45) is 12.1. The van der Waals surface area contributed by atoms with E-state index < -0.39 is 0 Å². The van der Waals surface area contributed by atoms with Crippen molar-refractivity contribution in [1.29, 1.82) is 0 Å². The van der Waals surface area contributed by atoms with E-state index >= 15 is 0 Å². The third-order valence-corrected chi connectivity index (χ3v) is 4.19. The molecule has 54 valence electrons. The van der Waals surface area contributed by atoms with E-state index in [1.807, 2.05) is 0 Å². The number of rotatable bonds is 0. The molecule has 6 unspecified atom stereocenters. The van der Waals surface area contributed by atoms with Crippen molar-refractivity contribution < 1.29 is 0 Å². The molecule has 5 aliphatic carbocycles. The fourth-order valence-corrected chi connectivity index (χ4v) is 3.78. The van der Waals surface area contributed by atoms with E-state index in [2.05, 4.69) is 30.7 Å². The first-order valence-electron chi connectivity index (χ1n) is 4.67. The fraction of sp³-hybridized carbons (Fsp3) is 0.545. The van der Waals surface area contributed by atoms with Gasteiger partial charge in [-0.2, -0.15) is 0 Å². The van der Waals surface area contributed by atoms with E-state index in [0.29, 0.717) is 0 Å². The van der Waals surface area contributed by atoms with Gasteiger partial charge in [0.1, 0.15) is 0 Å². The van der Waals surface area contributed by atoms with Gasteiger partial charge in [0, 0.05) is 18.4 Å². The predicted octanol–water partition coefficient (Wildman–Crippen LogP) is 2.05. The average Bonchev–Trinajstić information content (AvgIpc) is 2.76. The molecule has 0 heterocycles. The van der Waals surface area contributed by atoms with Crippen LogP contribution in [0.15, 0.2) is 24.3 Å². The van der Waals surface area contributed by atoms with E-state index in [1.54, 1.807) is 0 Å². The maximum Gasteiger partial charge on any atom is 0.0899 e. The Balaban J connectivity index is 1.97. The zero-order chi connectivity index (χ0) is 7.00. The van der Waals surface area contributed by atoms with Crippen molar-refractivity contribution in [3.8, 4) is 0 Å². The molecule has 6 bridgehead atoms. The van der Waals surface area contributed by atoms with Gasteiger partial charge in [-0.05, 0) is 17.8 Å². The Kier molecular flexibility index (Phi) is 0.602. The van der Waals surface area contributed by atoms with Crippen LogP contribution >= 0.6 is 0 Å². The maximum absolute atomic E-state index is 2.47. The first-order valence-corrected chi connectivity index (χ1v) is 4.67. The molecule has 0 amide bonds. The molecule has 0 aromatic heterocycles. The van der Waals surface area contributed by atoms with Crippen molar-refractivity contribution in [1.82, 2.24) is 0 Å². The number of hydrogen-bond donors (Lipinski definition) is 0. The Morgan fingerprint density at radius 2 is 1.73 bits per heavy atom. The third-order valence-electron chi connectivity index (χ3n) is 4.19. The Labute approximate surface area is 67.0 Å². The Morgan fingerprint density at radius 1 is 0.818 bits per heavy atom. The van der Waals surface area contributed by atoms with E-state index in [0.717, 1.165) is 35.5 Å². The van der Waals surface area contributed by atoms with E-state index in [4.69, 9.17) is 0 Å². The minimum absolute atomic E-state index is 0.903. The molecule has 0 aromatic carbocycles. The van der Waals surface area contributed by atoms with Crippen molar-refractivity contribution in [2.75, 3.05) is 0 Å². The topological polar surface area (TPSA) is 0 Å². The number of allylic oxidation sites excluding steroid dienone is 4. The standard InChI is InChI=1S/C11H11/c1-2-7-6-4-5-9-10(7)11(9)8(6)3-1/h1-11H/q+1. The van der Waals surface area contributed by atoms with Crippen molar-refractivity contribution in [2.24, 2.45) is 35.5 Å². The molecule has 6 atom stereocenters. The van der Waals surface area contributed by atoms with Gasteiger partial charge in [0.05, 0.1) is 17.9 Å². The summed E-state index contributed by atoms with van der Waals surface area (Å²) < 4.78 is 0. The van der Waals surface area contributed by atoms with Gasteiger partial charge < -0.3 is 0 Å². The van der Waals surface area contributed by atoms with Crippen LogP contribution in [0, 0.1) is 41.9 Å². The second-order valence-corrected chi connectivity index (χ2v) is 4.43. The van der Waals surface area contributed by atoms with Crippen LogP contribution in [0.2, 0.25) is 0 Å². The lowest BCUT2D eigenvalue weighted by molar-refractivity contribution is 0.343. The lowest BCUT2D eigenvalue weighted by Gasteiger charge is -2.26. The summed E-state index contributed by atoms with van der Waals surface area (Å²) in [6, 6.07) is 0. The molecule has 0 spiro atoms. The highest BCUT2D eigenvalue weighted by Crippen LogP contribution is 2.71. The lowest BCUT2D eigenvalue weighted by atomic mass is 9.73. The van der Waals surface area contributed by atoms with Crippen LogP contribution in [0.25, 0.3) is 0 Å². The van der Waals surface area contributed by atoms with Crippen molar-refractivity contribution in [2.45, 2.75) is 0 Å². The molecule has 2 saturated carbocycles. The average molecular weight is 143 g/mol. The quantitative estimate of drug-likeness (QED) is 0.359. The lowest BCUT2D eigenvalue weighted by Crippen LogP contribution is -2.25. The van der Waals surface area contributed by atoms with Gasteiger partial charge in [-0.15, -0.1) is 0 Å². The molecule has 2 fully saturated rings. The summed E-state index contributed by atoms with van der Waals surface area (Å²) in [7, 11) is 0. The van der Waals surface area contributed by atoms with Crippen molar-refractivity contribution >= 4 is 0 Å². The van der Waals surface area contributed by atoms with Crippen molar-refractivity contribution in [3.63, 3.8) is 0 Å². The summed E-state index contributed by atoms with van der Waals surface area (Å²) in [5, 5.41) is 0. The molecule has 0 aromatic rings. The monoisotopic (exact) mass is 143 g/mol. The Morgan fingerprint density at radius 3 is 2.55 bits per heavy atom. The minimum Gasteiger partial charge on any atom is -0.0842 e. The first kappa shape index (κ1) is 5.08. The highest BCUT2D eigenvalue weighted by atomic mass is 14.7. The fourth-order valence-electron chi connectivity index (χ4n) is 3.78. The molecule has 0 heteroatoms. The van der Waals surface area contributed by atoms with E-state index in [1.165, 1.54) is 0 Å². The molecule has 5 rings (SSSR count). The predicted molar refractivity (Wildman–Crippen MR) is 43.5 cm³/mol. The summed E-state index contributed by atoms with van der Waals surface area (Å²) in [5.41, 5.74) is 0. The van der Waals surface area contributed by atoms with E-state index in [-0.39, 0.29) is 0 Å². The highest BCUT2D eigenvalue weighted by molar-refractivity contribution is 5.35. The second-order valence-electron chi connectivity index (χ2n) is 4.43. The van der Waals surface area contributed by atoms with Crippen LogP contribution in [0.4, 0.5) is 0 Å². The first-order chi connectivity index (χ1) is 5.47.